The molecule has 1 heterocycles. The van der Waals surface area contributed by atoms with E-state index in [4.69, 9.17) is 23.9 Å². The molecule has 29 heavy (non-hydrogen) atoms. The van der Waals surface area contributed by atoms with Crippen LogP contribution in [0.3, 0.4) is 0 Å². The fourth-order valence-corrected chi connectivity index (χ4v) is 2.99. The van der Waals surface area contributed by atoms with E-state index in [1.165, 1.54) is 0 Å². The molecule has 1 aliphatic rings. The molecule has 0 aromatic heterocycles. The number of hydrogen-bond acceptors (Lipinski definition) is 5. The highest BCUT2D eigenvalue weighted by atomic mass is 16.5. The molecular weight excluding hydrogens is 370 g/mol. The van der Waals surface area contributed by atoms with Gasteiger partial charge in [-0.05, 0) is 36.8 Å². The van der Waals surface area contributed by atoms with Crippen LogP contribution in [0.25, 0.3) is 0 Å². The Morgan fingerprint density at radius 1 is 1.00 bits per heavy atom. The number of ether oxygens (including phenoxy) is 4. The van der Waals surface area contributed by atoms with Gasteiger partial charge in [0.15, 0.2) is 17.5 Å². The average molecular weight is 399 g/mol. The molecule has 0 fully saturated rings. The number of benzene rings is 2. The smallest absolute Gasteiger partial charge is 0.191 e. The number of methoxy groups -OCH3 is 2. The van der Waals surface area contributed by atoms with Crippen molar-refractivity contribution in [3.8, 4) is 23.0 Å². The van der Waals surface area contributed by atoms with Crippen molar-refractivity contribution in [3.05, 3.63) is 47.5 Å². The van der Waals surface area contributed by atoms with E-state index in [2.05, 4.69) is 10.6 Å². The van der Waals surface area contributed by atoms with Crippen molar-refractivity contribution in [1.29, 1.82) is 0 Å². The molecule has 0 amide bonds. The number of nitrogens with one attached hydrogen (secondary N) is 2. The Balaban J connectivity index is 1.67. The fraction of sp³-hybridized carbons (Fsp3) is 0.409. The summed E-state index contributed by atoms with van der Waals surface area (Å²) in [5.74, 6) is 3.86. The number of aliphatic imine (C=N–C) groups is 1. The number of hydrogen-bond donors (Lipinski definition) is 2. The van der Waals surface area contributed by atoms with Gasteiger partial charge in [0.05, 0.1) is 34.0 Å². The predicted octanol–water partition coefficient (Wildman–Crippen LogP) is 3.12. The van der Waals surface area contributed by atoms with Gasteiger partial charge < -0.3 is 29.6 Å². The Morgan fingerprint density at radius 3 is 2.59 bits per heavy atom. The summed E-state index contributed by atoms with van der Waals surface area (Å²) in [4.78, 5) is 4.69. The second-order valence-corrected chi connectivity index (χ2v) is 6.56. The van der Waals surface area contributed by atoms with E-state index in [0.29, 0.717) is 26.3 Å². The highest BCUT2D eigenvalue weighted by Gasteiger charge is 2.11. The van der Waals surface area contributed by atoms with Crippen molar-refractivity contribution in [2.45, 2.75) is 26.4 Å². The predicted molar refractivity (Wildman–Crippen MR) is 113 cm³/mol. The van der Waals surface area contributed by atoms with E-state index in [1.54, 1.807) is 14.2 Å². The lowest BCUT2D eigenvalue weighted by molar-refractivity contribution is 0.297. The van der Waals surface area contributed by atoms with Gasteiger partial charge in [0.1, 0.15) is 11.5 Å². The summed E-state index contributed by atoms with van der Waals surface area (Å²) in [6.45, 7) is 5.29. The van der Waals surface area contributed by atoms with Gasteiger partial charge in [-0.1, -0.05) is 6.07 Å². The highest BCUT2D eigenvalue weighted by molar-refractivity contribution is 5.79. The summed E-state index contributed by atoms with van der Waals surface area (Å²) in [5.41, 5.74) is 2.09. The summed E-state index contributed by atoms with van der Waals surface area (Å²) < 4.78 is 22.2. The van der Waals surface area contributed by atoms with Crippen molar-refractivity contribution in [3.63, 3.8) is 0 Å². The Kier molecular flexibility index (Phi) is 7.44. The van der Waals surface area contributed by atoms with Crippen LogP contribution in [0.15, 0.2) is 41.4 Å². The molecule has 0 aliphatic carbocycles. The maximum Gasteiger partial charge on any atom is 0.191 e. The van der Waals surface area contributed by atoms with Gasteiger partial charge in [-0.2, -0.15) is 0 Å². The molecule has 0 saturated carbocycles. The fourth-order valence-electron chi connectivity index (χ4n) is 2.99. The summed E-state index contributed by atoms with van der Waals surface area (Å²) in [5, 5.41) is 6.63. The third kappa shape index (κ3) is 5.70. The normalized spacial score (nSPS) is 13.4. The van der Waals surface area contributed by atoms with Crippen LogP contribution in [0.1, 0.15) is 24.5 Å². The minimum Gasteiger partial charge on any atom is -0.497 e. The molecule has 0 radical (unpaired) electrons. The number of rotatable bonds is 7. The lowest BCUT2D eigenvalue weighted by atomic mass is 10.2. The van der Waals surface area contributed by atoms with E-state index in [1.807, 2.05) is 43.3 Å². The molecule has 0 spiro atoms. The van der Waals surface area contributed by atoms with E-state index < -0.39 is 0 Å². The first-order chi connectivity index (χ1) is 14.2. The quantitative estimate of drug-likeness (QED) is 0.551. The van der Waals surface area contributed by atoms with Gasteiger partial charge in [-0.25, -0.2) is 4.99 Å². The SMILES string of the molecule is CCNC(=NCc1ccc2c(c1)OCCCO2)NCc1ccc(OC)cc1OC. The van der Waals surface area contributed by atoms with Crippen LogP contribution >= 0.6 is 0 Å². The van der Waals surface area contributed by atoms with Gasteiger partial charge in [0.25, 0.3) is 0 Å². The molecule has 2 aromatic rings. The highest BCUT2D eigenvalue weighted by Crippen LogP contribution is 2.30. The van der Waals surface area contributed by atoms with Crippen molar-refractivity contribution in [2.75, 3.05) is 34.0 Å². The van der Waals surface area contributed by atoms with Gasteiger partial charge in [-0.15, -0.1) is 0 Å². The van der Waals surface area contributed by atoms with Gasteiger partial charge in [-0.3, -0.25) is 0 Å². The molecule has 0 unspecified atom stereocenters. The van der Waals surface area contributed by atoms with E-state index >= 15 is 0 Å². The lowest BCUT2D eigenvalue weighted by Gasteiger charge is -2.14. The first-order valence-electron chi connectivity index (χ1n) is 9.85. The van der Waals surface area contributed by atoms with Crippen LogP contribution in [-0.4, -0.2) is 39.9 Å². The van der Waals surface area contributed by atoms with Gasteiger partial charge in [0, 0.05) is 31.1 Å². The molecular formula is C22H29N3O4. The molecule has 156 valence electrons. The van der Waals surface area contributed by atoms with E-state index in [-0.39, 0.29) is 0 Å². The third-order valence-electron chi connectivity index (χ3n) is 4.52. The maximum atomic E-state index is 5.76. The molecule has 0 atom stereocenters. The van der Waals surface area contributed by atoms with Crippen molar-refractivity contribution in [1.82, 2.24) is 10.6 Å². The maximum absolute atomic E-state index is 5.76. The molecule has 2 aromatic carbocycles. The average Bonchev–Trinajstić information content (AvgIpc) is 3.00. The molecule has 0 bridgehead atoms. The van der Waals surface area contributed by atoms with Crippen LogP contribution < -0.4 is 29.6 Å². The second-order valence-electron chi connectivity index (χ2n) is 6.56. The Morgan fingerprint density at radius 2 is 1.83 bits per heavy atom. The summed E-state index contributed by atoms with van der Waals surface area (Å²) in [6, 6.07) is 11.7. The summed E-state index contributed by atoms with van der Waals surface area (Å²) in [7, 11) is 3.30. The topological polar surface area (TPSA) is 73.3 Å². The first-order valence-corrected chi connectivity index (χ1v) is 9.85. The van der Waals surface area contributed by atoms with Gasteiger partial charge >= 0.3 is 0 Å². The van der Waals surface area contributed by atoms with Crippen LogP contribution in [0.5, 0.6) is 23.0 Å². The van der Waals surface area contributed by atoms with Crippen LogP contribution in [0.4, 0.5) is 0 Å². The summed E-state index contributed by atoms with van der Waals surface area (Å²) in [6.07, 6.45) is 0.894. The molecule has 7 nitrogen and oxygen atoms in total. The lowest BCUT2D eigenvalue weighted by Crippen LogP contribution is -2.36. The van der Waals surface area contributed by atoms with E-state index in [9.17, 15) is 0 Å². The Bertz CT molecular complexity index is 839. The largest absolute Gasteiger partial charge is 0.497 e. The minimum atomic E-state index is 0.533. The molecule has 1 aliphatic heterocycles. The standard InChI is InChI=1S/C22H29N3O4/c1-4-23-22(25-15-17-7-8-18(26-2)13-20(17)27-3)24-14-16-6-9-19-21(12-16)29-11-5-10-28-19/h6-9,12-13H,4-5,10-11,14-15H2,1-3H3,(H2,23,24,25). The van der Waals surface area contributed by atoms with Crippen LogP contribution in [-0.2, 0) is 13.1 Å². The van der Waals surface area contributed by atoms with Gasteiger partial charge in [0.2, 0.25) is 0 Å². The monoisotopic (exact) mass is 399 g/mol. The van der Waals surface area contributed by atoms with E-state index in [0.717, 1.165) is 53.1 Å². The molecule has 0 saturated heterocycles. The molecule has 2 N–H and O–H groups in total. The minimum absolute atomic E-state index is 0.533. The van der Waals surface area contributed by atoms with Crippen LogP contribution in [0.2, 0.25) is 0 Å². The third-order valence-corrected chi connectivity index (χ3v) is 4.52. The van der Waals surface area contributed by atoms with Crippen molar-refractivity contribution >= 4 is 5.96 Å². The van der Waals surface area contributed by atoms with Crippen molar-refractivity contribution in [2.24, 2.45) is 4.99 Å². The van der Waals surface area contributed by atoms with Crippen molar-refractivity contribution < 1.29 is 18.9 Å². The Labute approximate surface area is 172 Å². The zero-order valence-corrected chi connectivity index (χ0v) is 17.3. The zero-order valence-electron chi connectivity index (χ0n) is 17.3. The second kappa shape index (κ2) is 10.5. The molecule has 3 rings (SSSR count). The molecule has 7 heteroatoms. The summed E-state index contributed by atoms with van der Waals surface area (Å²) >= 11 is 0. The number of guanidine groups is 1. The first kappa shape index (κ1) is 20.6. The number of nitrogens with zero attached hydrogens (tertiary/aromatic N) is 1. The zero-order chi connectivity index (χ0) is 20.5. The Hall–Kier alpha value is -3.09. The van der Waals surface area contributed by atoms with Crippen LogP contribution in [0, 0.1) is 0 Å². The number of fused-ring (bicyclic) bond motifs is 1.